The molecule has 0 bridgehead atoms. The second-order valence-corrected chi connectivity index (χ2v) is 10.4. The van der Waals surface area contributed by atoms with E-state index in [-0.39, 0.29) is 5.56 Å². The van der Waals surface area contributed by atoms with Gasteiger partial charge in [-0.15, -0.1) is 0 Å². The van der Waals surface area contributed by atoms with Crippen molar-refractivity contribution in [1.82, 2.24) is 19.3 Å². The van der Waals surface area contributed by atoms with E-state index in [2.05, 4.69) is 40.1 Å². The van der Waals surface area contributed by atoms with Crippen LogP contribution in [0.15, 0.2) is 97.2 Å². The summed E-state index contributed by atoms with van der Waals surface area (Å²) in [7, 11) is 1.84. The number of rotatable bonds is 5. The molecular weight excluding hydrogens is 522 g/mol. The first kappa shape index (κ1) is 25.2. The van der Waals surface area contributed by atoms with Crippen LogP contribution in [0.2, 0.25) is 0 Å². The molecule has 7 aromatic rings. The molecule has 0 aliphatic rings. The van der Waals surface area contributed by atoms with E-state index in [1.165, 1.54) is 0 Å². The number of pyridine rings is 1. The van der Waals surface area contributed by atoms with Crippen molar-refractivity contribution >= 4 is 38.7 Å². The van der Waals surface area contributed by atoms with Crippen LogP contribution in [0.25, 0.3) is 55.1 Å². The molecule has 0 aliphatic heterocycles. The molecule has 0 atom stereocenters. The molecule has 1 N–H and O–H groups in total. The van der Waals surface area contributed by atoms with Crippen molar-refractivity contribution in [1.29, 1.82) is 5.26 Å². The first-order chi connectivity index (χ1) is 20.5. The van der Waals surface area contributed by atoms with Gasteiger partial charge in [-0.3, -0.25) is 4.68 Å². The van der Waals surface area contributed by atoms with Crippen molar-refractivity contribution in [2.75, 3.05) is 0 Å². The lowest BCUT2D eigenvalue weighted by molar-refractivity contribution is 0.0699. The lowest BCUT2D eigenvalue weighted by Gasteiger charge is -2.15. The van der Waals surface area contributed by atoms with Crippen LogP contribution in [0.3, 0.4) is 0 Å². The molecule has 4 aromatic carbocycles. The monoisotopic (exact) mass is 547 g/mol. The number of para-hydroxylation sites is 1. The summed E-state index contributed by atoms with van der Waals surface area (Å²) in [6, 6.07) is 31.7. The van der Waals surface area contributed by atoms with Gasteiger partial charge in [0.2, 0.25) is 0 Å². The number of carboxylic acid groups (broad SMARTS) is 1. The van der Waals surface area contributed by atoms with Crippen LogP contribution in [-0.4, -0.2) is 30.4 Å². The van der Waals surface area contributed by atoms with Crippen molar-refractivity contribution in [3.8, 4) is 28.5 Å². The number of carbonyl (C=O) groups is 1. The molecule has 202 valence electrons. The summed E-state index contributed by atoms with van der Waals surface area (Å²) in [5.41, 5.74) is 6.78. The van der Waals surface area contributed by atoms with E-state index < -0.39 is 5.97 Å². The molecular formula is C35H25N5O2. The molecule has 3 aromatic heterocycles. The Morgan fingerprint density at radius 2 is 1.64 bits per heavy atom. The maximum absolute atomic E-state index is 12.4. The molecule has 0 aliphatic carbocycles. The van der Waals surface area contributed by atoms with Crippen LogP contribution in [0.5, 0.6) is 0 Å². The van der Waals surface area contributed by atoms with Gasteiger partial charge in [0.25, 0.3) is 0 Å². The van der Waals surface area contributed by atoms with Gasteiger partial charge in [-0.2, -0.15) is 10.4 Å². The van der Waals surface area contributed by atoms with Crippen LogP contribution in [0.1, 0.15) is 27.2 Å². The number of hydrogen-bond acceptors (Lipinski definition) is 4. The Bertz CT molecular complexity index is 2230. The third-order valence-corrected chi connectivity index (χ3v) is 7.90. The van der Waals surface area contributed by atoms with Gasteiger partial charge in [0, 0.05) is 47.2 Å². The number of aromatic carboxylic acids is 1. The highest BCUT2D eigenvalue weighted by Crippen LogP contribution is 2.43. The molecule has 0 radical (unpaired) electrons. The van der Waals surface area contributed by atoms with Gasteiger partial charge >= 0.3 is 5.97 Å². The molecule has 0 unspecified atom stereocenters. The largest absolute Gasteiger partial charge is 0.478 e. The number of benzene rings is 4. The summed E-state index contributed by atoms with van der Waals surface area (Å²) in [5.74, 6) is -1.02. The average molecular weight is 548 g/mol. The average Bonchev–Trinajstić information content (AvgIpc) is 3.51. The quantitative estimate of drug-likeness (QED) is 0.243. The zero-order chi connectivity index (χ0) is 29.0. The Labute approximate surface area is 241 Å². The van der Waals surface area contributed by atoms with Crippen molar-refractivity contribution in [3.63, 3.8) is 0 Å². The Hall–Kier alpha value is -5.74. The lowest BCUT2D eigenvalue weighted by Crippen LogP contribution is -2.02. The normalized spacial score (nSPS) is 11.4. The van der Waals surface area contributed by atoms with Crippen molar-refractivity contribution in [3.05, 3.63) is 120 Å². The summed E-state index contributed by atoms with van der Waals surface area (Å²) in [6.45, 7) is 2.55. The van der Waals surface area contributed by atoms with Crippen LogP contribution < -0.4 is 0 Å². The number of carboxylic acids is 1. The molecule has 0 fully saturated rings. The van der Waals surface area contributed by atoms with Crippen LogP contribution >= 0.6 is 0 Å². The van der Waals surface area contributed by atoms with Crippen molar-refractivity contribution < 1.29 is 9.90 Å². The fourth-order valence-electron chi connectivity index (χ4n) is 6.12. The number of aromatic nitrogens is 4. The minimum absolute atomic E-state index is 0.180. The van der Waals surface area contributed by atoms with Crippen molar-refractivity contribution in [2.24, 2.45) is 7.05 Å². The third-order valence-electron chi connectivity index (χ3n) is 7.90. The van der Waals surface area contributed by atoms with E-state index in [4.69, 9.17) is 4.98 Å². The van der Waals surface area contributed by atoms with E-state index >= 15 is 0 Å². The Kier molecular flexibility index (Phi) is 5.84. The molecule has 0 spiro atoms. The van der Waals surface area contributed by atoms with Gasteiger partial charge in [0.05, 0.1) is 27.9 Å². The molecule has 0 saturated heterocycles. The Morgan fingerprint density at radius 3 is 2.40 bits per heavy atom. The highest BCUT2D eigenvalue weighted by molar-refractivity contribution is 6.15. The molecule has 3 heterocycles. The fourth-order valence-corrected chi connectivity index (χ4v) is 6.12. The van der Waals surface area contributed by atoms with Gasteiger partial charge in [-0.1, -0.05) is 78.9 Å². The van der Waals surface area contributed by atoms with Gasteiger partial charge in [-0.05, 0) is 35.6 Å². The second-order valence-electron chi connectivity index (χ2n) is 10.4. The highest BCUT2D eigenvalue weighted by Gasteiger charge is 2.26. The molecule has 7 heteroatoms. The first-order valence-electron chi connectivity index (χ1n) is 13.6. The third kappa shape index (κ3) is 3.85. The summed E-state index contributed by atoms with van der Waals surface area (Å²) in [6.07, 6.45) is 2.06. The van der Waals surface area contributed by atoms with E-state index in [1.54, 1.807) is 16.8 Å². The van der Waals surface area contributed by atoms with E-state index in [9.17, 15) is 15.2 Å². The van der Waals surface area contributed by atoms with E-state index in [1.807, 2.05) is 74.6 Å². The molecule has 7 rings (SSSR count). The standard InChI is InChI=1S/C35H25N5O2/c1-21-30-32(25-15-8-12-23-13-9-16-26(31(23)25)35(41)42)27(18-36)33(37-34(30)39(2)38-21)28-20-40(19-22-10-4-3-5-11-22)29-17-7-6-14-24(28)29/h3-17,20H,19H2,1-2H3,(H,41,42). The summed E-state index contributed by atoms with van der Waals surface area (Å²) >= 11 is 0. The van der Waals surface area contributed by atoms with Crippen LogP contribution in [-0.2, 0) is 13.6 Å². The first-order valence-corrected chi connectivity index (χ1v) is 13.6. The minimum Gasteiger partial charge on any atom is -0.478 e. The van der Waals surface area contributed by atoms with Crippen LogP contribution in [0, 0.1) is 18.3 Å². The topological polar surface area (TPSA) is 96.7 Å². The smallest absolute Gasteiger partial charge is 0.336 e. The van der Waals surface area contributed by atoms with E-state index in [0.717, 1.165) is 38.5 Å². The molecule has 0 saturated carbocycles. The maximum Gasteiger partial charge on any atom is 0.336 e. The fraction of sp³-hybridized carbons (Fsp3) is 0.0857. The lowest BCUT2D eigenvalue weighted by atomic mass is 9.88. The van der Waals surface area contributed by atoms with Gasteiger partial charge in [0.1, 0.15) is 6.07 Å². The van der Waals surface area contributed by atoms with E-state index in [0.29, 0.717) is 40.0 Å². The van der Waals surface area contributed by atoms with Gasteiger partial charge in [-0.25, -0.2) is 9.78 Å². The highest BCUT2D eigenvalue weighted by atomic mass is 16.4. The van der Waals surface area contributed by atoms with Gasteiger partial charge in [0.15, 0.2) is 5.65 Å². The van der Waals surface area contributed by atoms with Crippen molar-refractivity contribution in [2.45, 2.75) is 13.5 Å². The summed E-state index contributed by atoms with van der Waals surface area (Å²) in [5, 5.41) is 28.7. The number of hydrogen-bond donors (Lipinski definition) is 1. The minimum atomic E-state index is -1.02. The van der Waals surface area contributed by atoms with Gasteiger partial charge < -0.3 is 9.67 Å². The number of fused-ring (bicyclic) bond motifs is 3. The Balaban J connectivity index is 1.60. The molecule has 42 heavy (non-hydrogen) atoms. The zero-order valence-electron chi connectivity index (χ0n) is 23.0. The number of aryl methyl sites for hydroxylation is 2. The molecule has 0 amide bonds. The summed E-state index contributed by atoms with van der Waals surface area (Å²) < 4.78 is 3.91. The number of nitrogens with zero attached hydrogens (tertiary/aromatic N) is 5. The number of nitriles is 1. The van der Waals surface area contributed by atoms with Crippen LogP contribution in [0.4, 0.5) is 0 Å². The zero-order valence-corrected chi connectivity index (χ0v) is 23.0. The molecule has 7 nitrogen and oxygen atoms in total. The predicted octanol–water partition coefficient (Wildman–Crippen LogP) is 7.34. The predicted molar refractivity (Wildman–Crippen MR) is 164 cm³/mol. The Morgan fingerprint density at radius 1 is 0.905 bits per heavy atom. The second kappa shape index (κ2) is 9.72. The SMILES string of the molecule is Cc1nn(C)c2nc(-c3cn(Cc4ccccc4)c4ccccc34)c(C#N)c(-c3cccc4cccc(C(=O)O)c34)c12. The maximum atomic E-state index is 12.4. The summed E-state index contributed by atoms with van der Waals surface area (Å²) in [4.78, 5) is 17.5.